The summed E-state index contributed by atoms with van der Waals surface area (Å²) in [4.78, 5) is 20.8. The minimum Gasteiger partial charge on any atom is -0.491 e. The molecule has 5 nitrogen and oxygen atoms in total. The fourth-order valence-corrected chi connectivity index (χ4v) is 2.24. The van der Waals surface area contributed by atoms with Crippen LogP contribution in [-0.2, 0) is 5.75 Å². The van der Waals surface area contributed by atoms with E-state index in [4.69, 9.17) is 16.7 Å². The van der Waals surface area contributed by atoms with Gasteiger partial charge in [0.05, 0.1) is 10.7 Å². The van der Waals surface area contributed by atoms with Crippen LogP contribution < -0.4 is 5.56 Å². The van der Waals surface area contributed by atoms with Crippen LogP contribution in [0, 0.1) is 5.82 Å². The topological polar surface area (TPSA) is 78.9 Å². The van der Waals surface area contributed by atoms with Gasteiger partial charge in [-0.3, -0.25) is 14.8 Å². The zero-order valence-electron chi connectivity index (χ0n) is 8.85. The molecule has 0 aliphatic carbocycles. The maximum atomic E-state index is 12.8. The molecule has 0 bridgehead atoms. The Bertz CT molecular complexity index is 635. The summed E-state index contributed by atoms with van der Waals surface area (Å²) < 4.78 is 12.8. The molecule has 2 N–H and O–H groups in total. The minimum atomic E-state index is -1.30. The van der Waals surface area contributed by atoms with Crippen molar-refractivity contribution in [1.82, 2.24) is 15.0 Å². The number of halogens is 2. The number of nitrogens with zero attached hydrogens (tertiary/aromatic N) is 2. The van der Waals surface area contributed by atoms with E-state index in [9.17, 15) is 9.18 Å². The van der Waals surface area contributed by atoms with Crippen molar-refractivity contribution in [1.29, 1.82) is 0 Å². The summed E-state index contributed by atoms with van der Waals surface area (Å²) in [6.07, 6.45) is 1.58. The first kappa shape index (κ1) is 12.8. The molecule has 94 valence electrons. The van der Waals surface area contributed by atoms with Crippen molar-refractivity contribution in [3.05, 3.63) is 45.2 Å². The van der Waals surface area contributed by atoms with E-state index >= 15 is 0 Å². The third kappa shape index (κ3) is 2.80. The molecule has 0 saturated carbocycles. The third-order valence-corrected chi connectivity index (χ3v) is 3.23. The molecule has 0 saturated heterocycles. The van der Waals surface area contributed by atoms with E-state index in [0.717, 1.165) is 11.8 Å². The van der Waals surface area contributed by atoms with Crippen LogP contribution >= 0.6 is 23.4 Å². The lowest BCUT2D eigenvalue weighted by Crippen LogP contribution is -2.12. The Labute approximate surface area is 110 Å². The van der Waals surface area contributed by atoms with E-state index in [2.05, 4.69) is 15.0 Å². The van der Waals surface area contributed by atoms with Gasteiger partial charge < -0.3 is 5.11 Å². The van der Waals surface area contributed by atoms with Crippen molar-refractivity contribution in [3.8, 4) is 5.88 Å². The van der Waals surface area contributed by atoms with Gasteiger partial charge in [-0.2, -0.15) is 9.37 Å². The molecule has 0 spiro atoms. The van der Waals surface area contributed by atoms with Crippen LogP contribution in [0.2, 0.25) is 5.02 Å². The summed E-state index contributed by atoms with van der Waals surface area (Å²) in [6, 6.07) is 3.38. The summed E-state index contributed by atoms with van der Waals surface area (Å²) in [5, 5.41) is 9.65. The average molecular weight is 288 g/mol. The molecule has 0 atom stereocenters. The Morgan fingerprint density at radius 3 is 3.00 bits per heavy atom. The lowest BCUT2D eigenvalue weighted by Gasteiger charge is -2.03. The number of H-pyrrole nitrogens is 1. The first-order valence-corrected chi connectivity index (χ1v) is 6.15. The molecule has 0 unspecified atom stereocenters. The molecule has 2 heterocycles. The monoisotopic (exact) mass is 287 g/mol. The molecule has 2 aromatic heterocycles. The van der Waals surface area contributed by atoms with Crippen LogP contribution in [0.3, 0.4) is 0 Å². The number of hydrogen-bond donors (Lipinski definition) is 2. The predicted octanol–water partition coefficient (Wildman–Crippen LogP) is 1.96. The largest absolute Gasteiger partial charge is 0.491 e. The normalized spacial score (nSPS) is 10.6. The van der Waals surface area contributed by atoms with E-state index in [0.29, 0.717) is 16.5 Å². The number of hydrogen-bond acceptors (Lipinski definition) is 5. The van der Waals surface area contributed by atoms with Crippen LogP contribution in [0.1, 0.15) is 5.69 Å². The van der Waals surface area contributed by atoms with Crippen LogP contribution in [-0.4, -0.2) is 20.1 Å². The van der Waals surface area contributed by atoms with Gasteiger partial charge in [0.2, 0.25) is 5.82 Å². The van der Waals surface area contributed by atoms with Gasteiger partial charge in [-0.1, -0.05) is 23.4 Å². The van der Waals surface area contributed by atoms with Crippen LogP contribution in [0.15, 0.2) is 28.3 Å². The molecule has 0 fully saturated rings. The molecule has 2 rings (SSSR count). The van der Waals surface area contributed by atoms with Crippen molar-refractivity contribution in [2.24, 2.45) is 0 Å². The molecule has 0 amide bonds. The first-order chi connectivity index (χ1) is 8.58. The molecular formula is C10H7ClFN3O2S. The van der Waals surface area contributed by atoms with E-state index in [1.807, 2.05) is 0 Å². The highest BCUT2D eigenvalue weighted by atomic mass is 35.5. The predicted molar refractivity (Wildman–Crippen MR) is 65.3 cm³/mol. The smallest absolute Gasteiger partial charge is 0.291 e. The van der Waals surface area contributed by atoms with Crippen molar-refractivity contribution < 1.29 is 9.50 Å². The first-order valence-electron chi connectivity index (χ1n) is 4.79. The van der Waals surface area contributed by atoms with Crippen LogP contribution in [0.25, 0.3) is 0 Å². The van der Waals surface area contributed by atoms with Gasteiger partial charge in [0, 0.05) is 11.9 Å². The number of aromatic amines is 1. The SMILES string of the molecule is O=c1[nH]c(SCc2ncccc2Cl)nc(O)c1F. The van der Waals surface area contributed by atoms with Gasteiger partial charge in [-0.25, -0.2) is 0 Å². The van der Waals surface area contributed by atoms with E-state index < -0.39 is 17.3 Å². The third-order valence-electron chi connectivity index (χ3n) is 2.00. The second-order valence-corrected chi connectivity index (χ2v) is 4.60. The highest BCUT2D eigenvalue weighted by Crippen LogP contribution is 2.23. The number of aromatic nitrogens is 3. The average Bonchev–Trinajstić information content (AvgIpc) is 2.35. The second-order valence-electron chi connectivity index (χ2n) is 3.23. The van der Waals surface area contributed by atoms with Gasteiger partial charge in [-0.05, 0) is 12.1 Å². The number of thioether (sulfide) groups is 1. The Kier molecular flexibility index (Phi) is 3.83. The van der Waals surface area contributed by atoms with E-state index in [1.54, 1.807) is 18.3 Å². The van der Waals surface area contributed by atoms with Crippen molar-refractivity contribution in [2.45, 2.75) is 10.9 Å². The lowest BCUT2D eigenvalue weighted by molar-refractivity contribution is 0.397. The van der Waals surface area contributed by atoms with Gasteiger partial charge in [0.15, 0.2) is 5.16 Å². The van der Waals surface area contributed by atoms with Crippen molar-refractivity contribution >= 4 is 23.4 Å². The number of nitrogens with one attached hydrogen (secondary N) is 1. The summed E-state index contributed by atoms with van der Waals surface area (Å²) >= 11 is 6.99. The fourth-order valence-electron chi connectivity index (χ4n) is 1.16. The molecule has 0 radical (unpaired) electrons. The fraction of sp³-hybridized carbons (Fsp3) is 0.100. The van der Waals surface area contributed by atoms with Gasteiger partial charge in [0.25, 0.3) is 11.4 Å². The maximum absolute atomic E-state index is 12.8. The Morgan fingerprint density at radius 2 is 2.33 bits per heavy atom. The molecule has 0 aliphatic heterocycles. The Hall–Kier alpha value is -1.60. The zero-order valence-corrected chi connectivity index (χ0v) is 10.4. The molecule has 8 heteroatoms. The highest BCUT2D eigenvalue weighted by molar-refractivity contribution is 7.98. The van der Waals surface area contributed by atoms with E-state index in [-0.39, 0.29) is 5.16 Å². The van der Waals surface area contributed by atoms with Gasteiger partial charge in [0.1, 0.15) is 0 Å². The van der Waals surface area contributed by atoms with Crippen molar-refractivity contribution in [2.75, 3.05) is 0 Å². The minimum absolute atomic E-state index is 0.0978. The van der Waals surface area contributed by atoms with E-state index in [1.165, 1.54) is 0 Å². The number of pyridine rings is 1. The van der Waals surface area contributed by atoms with Gasteiger partial charge >= 0.3 is 0 Å². The zero-order chi connectivity index (χ0) is 13.1. The van der Waals surface area contributed by atoms with Crippen LogP contribution in [0.5, 0.6) is 5.88 Å². The summed E-state index contributed by atoms with van der Waals surface area (Å²) in [5.74, 6) is -1.88. The molecule has 0 aromatic carbocycles. The summed E-state index contributed by atoms with van der Waals surface area (Å²) in [6.45, 7) is 0. The molecular weight excluding hydrogens is 281 g/mol. The second kappa shape index (κ2) is 5.36. The quantitative estimate of drug-likeness (QED) is 0.666. The molecule has 0 aliphatic rings. The lowest BCUT2D eigenvalue weighted by atomic mass is 10.4. The molecule has 2 aromatic rings. The van der Waals surface area contributed by atoms with Crippen LogP contribution in [0.4, 0.5) is 4.39 Å². The Morgan fingerprint density at radius 1 is 1.56 bits per heavy atom. The van der Waals surface area contributed by atoms with Crippen molar-refractivity contribution in [3.63, 3.8) is 0 Å². The summed E-state index contributed by atoms with van der Waals surface area (Å²) in [7, 11) is 0. The highest BCUT2D eigenvalue weighted by Gasteiger charge is 2.10. The summed E-state index contributed by atoms with van der Waals surface area (Å²) in [5.41, 5.74) is -0.409. The Balaban J connectivity index is 2.17. The number of aromatic hydroxyl groups is 1. The molecule has 18 heavy (non-hydrogen) atoms. The number of rotatable bonds is 3. The maximum Gasteiger partial charge on any atom is 0.291 e. The van der Waals surface area contributed by atoms with Gasteiger partial charge in [-0.15, -0.1) is 0 Å². The standard InChI is InChI=1S/C10H7ClFN3O2S/c11-5-2-1-3-13-6(5)4-18-10-14-8(16)7(12)9(17)15-10/h1-3H,4H2,(H2,14,15,16,17).